The molecule has 74 valence electrons. The predicted molar refractivity (Wildman–Crippen MR) is 57.8 cm³/mol. The van der Waals surface area contributed by atoms with Crippen LogP contribution in [0.25, 0.3) is 5.69 Å². The predicted octanol–water partition coefficient (Wildman–Crippen LogP) is 2.48. The molecule has 15 heavy (non-hydrogen) atoms. The van der Waals surface area contributed by atoms with Gasteiger partial charge in [-0.25, -0.2) is 4.98 Å². The van der Waals surface area contributed by atoms with Crippen LogP contribution in [0, 0.1) is 11.3 Å². The van der Waals surface area contributed by atoms with E-state index in [0.717, 1.165) is 11.4 Å². The molecule has 0 radical (unpaired) electrons. The number of rotatable bonds is 2. The highest BCUT2D eigenvalue weighted by molar-refractivity contribution is 6.16. The SMILES string of the molecule is N#Cc1ccc(-n2cncc2CCl)cc1. The Bertz CT molecular complexity index is 493. The largest absolute Gasteiger partial charge is 0.302 e. The van der Waals surface area contributed by atoms with Crippen molar-refractivity contribution in [3.8, 4) is 11.8 Å². The number of hydrogen-bond acceptors (Lipinski definition) is 2. The Kier molecular flexibility index (Phi) is 2.70. The number of aromatic nitrogens is 2. The van der Waals surface area contributed by atoms with Gasteiger partial charge in [0, 0.05) is 11.9 Å². The molecule has 0 fully saturated rings. The van der Waals surface area contributed by atoms with E-state index in [0.29, 0.717) is 11.4 Å². The third-order valence-electron chi connectivity index (χ3n) is 2.13. The molecule has 0 amide bonds. The second kappa shape index (κ2) is 4.16. The van der Waals surface area contributed by atoms with Crippen LogP contribution in [-0.2, 0) is 5.88 Å². The zero-order chi connectivity index (χ0) is 10.7. The molecular weight excluding hydrogens is 210 g/mol. The second-order valence-corrected chi connectivity index (χ2v) is 3.31. The van der Waals surface area contributed by atoms with Crippen LogP contribution in [0.2, 0.25) is 0 Å². The first-order valence-electron chi connectivity index (χ1n) is 4.43. The minimum Gasteiger partial charge on any atom is -0.302 e. The Morgan fingerprint density at radius 2 is 2.07 bits per heavy atom. The lowest BCUT2D eigenvalue weighted by molar-refractivity contribution is 0.992. The van der Waals surface area contributed by atoms with Gasteiger partial charge in [-0.2, -0.15) is 5.26 Å². The van der Waals surface area contributed by atoms with Crippen LogP contribution in [0.5, 0.6) is 0 Å². The van der Waals surface area contributed by atoms with Gasteiger partial charge in [-0.05, 0) is 24.3 Å². The Hall–Kier alpha value is -1.79. The van der Waals surface area contributed by atoms with Gasteiger partial charge in [0.25, 0.3) is 0 Å². The van der Waals surface area contributed by atoms with Gasteiger partial charge in [0.05, 0.1) is 29.5 Å². The van der Waals surface area contributed by atoms with Gasteiger partial charge < -0.3 is 4.57 Å². The molecular formula is C11H8ClN3. The van der Waals surface area contributed by atoms with Crippen molar-refractivity contribution in [1.82, 2.24) is 9.55 Å². The van der Waals surface area contributed by atoms with Crippen molar-refractivity contribution in [2.24, 2.45) is 0 Å². The van der Waals surface area contributed by atoms with Crippen molar-refractivity contribution in [2.75, 3.05) is 0 Å². The van der Waals surface area contributed by atoms with E-state index in [9.17, 15) is 0 Å². The molecule has 2 rings (SSSR count). The maximum atomic E-state index is 8.67. The molecule has 3 nitrogen and oxygen atoms in total. The van der Waals surface area contributed by atoms with E-state index in [1.165, 1.54) is 0 Å². The Balaban J connectivity index is 2.42. The molecule has 1 aromatic heterocycles. The van der Waals surface area contributed by atoms with E-state index in [1.807, 2.05) is 16.7 Å². The summed E-state index contributed by atoms with van der Waals surface area (Å²) in [7, 11) is 0. The van der Waals surface area contributed by atoms with Crippen molar-refractivity contribution in [2.45, 2.75) is 5.88 Å². The van der Waals surface area contributed by atoms with Gasteiger partial charge in [0.1, 0.15) is 0 Å². The number of alkyl halides is 1. The van der Waals surface area contributed by atoms with Crippen LogP contribution >= 0.6 is 11.6 Å². The summed E-state index contributed by atoms with van der Waals surface area (Å²) in [5.41, 5.74) is 2.54. The highest BCUT2D eigenvalue weighted by Crippen LogP contribution is 2.13. The standard InChI is InChI=1S/C11H8ClN3/c12-5-11-7-14-8-15(11)10-3-1-9(6-13)2-4-10/h1-4,7-8H,5H2. The number of nitriles is 1. The van der Waals surface area contributed by atoms with Crippen molar-refractivity contribution >= 4 is 11.6 Å². The average Bonchev–Trinajstić information content (AvgIpc) is 2.77. The first-order valence-corrected chi connectivity index (χ1v) is 4.96. The molecule has 0 unspecified atom stereocenters. The van der Waals surface area contributed by atoms with E-state index in [-0.39, 0.29) is 0 Å². The second-order valence-electron chi connectivity index (χ2n) is 3.05. The topological polar surface area (TPSA) is 41.6 Å². The molecule has 0 bridgehead atoms. The first-order chi connectivity index (χ1) is 7.35. The molecule has 0 aliphatic carbocycles. The molecule has 0 aliphatic rings. The van der Waals surface area contributed by atoms with E-state index in [4.69, 9.17) is 16.9 Å². The molecule has 0 atom stereocenters. The maximum absolute atomic E-state index is 8.67. The summed E-state index contributed by atoms with van der Waals surface area (Å²) in [5, 5.41) is 8.67. The monoisotopic (exact) mass is 217 g/mol. The minimum absolute atomic E-state index is 0.417. The molecule has 0 saturated heterocycles. The highest BCUT2D eigenvalue weighted by atomic mass is 35.5. The molecule has 0 saturated carbocycles. The number of halogens is 1. The Morgan fingerprint density at radius 3 is 2.67 bits per heavy atom. The van der Waals surface area contributed by atoms with Crippen molar-refractivity contribution < 1.29 is 0 Å². The summed E-state index contributed by atoms with van der Waals surface area (Å²) in [4.78, 5) is 4.03. The summed E-state index contributed by atoms with van der Waals surface area (Å²) in [5.74, 6) is 0.417. The fourth-order valence-corrected chi connectivity index (χ4v) is 1.55. The zero-order valence-electron chi connectivity index (χ0n) is 7.89. The van der Waals surface area contributed by atoms with Crippen LogP contribution < -0.4 is 0 Å². The summed E-state index contributed by atoms with van der Waals surface area (Å²) in [6, 6.07) is 9.36. The van der Waals surface area contributed by atoms with Crippen LogP contribution in [0.15, 0.2) is 36.8 Å². The highest BCUT2D eigenvalue weighted by Gasteiger charge is 2.02. The Labute approximate surface area is 92.6 Å². The third kappa shape index (κ3) is 1.85. The fourth-order valence-electron chi connectivity index (χ4n) is 1.35. The van der Waals surface area contributed by atoms with Gasteiger partial charge in [0.2, 0.25) is 0 Å². The van der Waals surface area contributed by atoms with Crippen LogP contribution in [0.1, 0.15) is 11.3 Å². The third-order valence-corrected chi connectivity index (χ3v) is 2.40. The van der Waals surface area contributed by atoms with Gasteiger partial charge in [-0.1, -0.05) is 0 Å². The average molecular weight is 218 g/mol. The van der Waals surface area contributed by atoms with Gasteiger partial charge in [0.15, 0.2) is 0 Å². The van der Waals surface area contributed by atoms with E-state index < -0.39 is 0 Å². The smallest absolute Gasteiger partial charge is 0.0994 e. The molecule has 0 spiro atoms. The lowest BCUT2D eigenvalue weighted by Gasteiger charge is -2.05. The summed E-state index contributed by atoms with van der Waals surface area (Å²) < 4.78 is 1.90. The quantitative estimate of drug-likeness (QED) is 0.726. The van der Waals surface area contributed by atoms with Crippen molar-refractivity contribution in [1.29, 1.82) is 5.26 Å². The van der Waals surface area contributed by atoms with Crippen LogP contribution in [0.4, 0.5) is 0 Å². The normalized spacial score (nSPS) is 9.87. The molecule has 4 heteroatoms. The Morgan fingerprint density at radius 1 is 1.33 bits per heavy atom. The minimum atomic E-state index is 0.417. The van der Waals surface area contributed by atoms with E-state index >= 15 is 0 Å². The number of hydrogen-bond donors (Lipinski definition) is 0. The number of imidazole rings is 1. The maximum Gasteiger partial charge on any atom is 0.0994 e. The van der Waals surface area contributed by atoms with Gasteiger partial charge in [-0.3, -0.25) is 0 Å². The van der Waals surface area contributed by atoms with Crippen LogP contribution in [0.3, 0.4) is 0 Å². The first kappa shape index (κ1) is 9.75. The zero-order valence-corrected chi connectivity index (χ0v) is 8.65. The van der Waals surface area contributed by atoms with Gasteiger partial charge >= 0.3 is 0 Å². The van der Waals surface area contributed by atoms with Crippen molar-refractivity contribution in [3.63, 3.8) is 0 Å². The van der Waals surface area contributed by atoms with Gasteiger partial charge in [-0.15, -0.1) is 11.6 Å². The molecule has 0 aliphatic heterocycles. The number of nitrogens with zero attached hydrogens (tertiary/aromatic N) is 3. The molecule has 0 N–H and O–H groups in total. The van der Waals surface area contributed by atoms with E-state index in [2.05, 4.69) is 11.1 Å². The fraction of sp³-hybridized carbons (Fsp3) is 0.0909. The van der Waals surface area contributed by atoms with E-state index in [1.54, 1.807) is 24.7 Å². The summed E-state index contributed by atoms with van der Waals surface area (Å²) >= 11 is 5.77. The lowest BCUT2D eigenvalue weighted by Crippen LogP contribution is -1.96. The van der Waals surface area contributed by atoms with Crippen LogP contribution in [-0.4, -0.2) is 9.55 Å². The van der Waals surface area contributed by atoms with Crippen molar-refractivity contribution in [3.05, 3.63) is 48.0 Å². The number of benzene rings is 1. The summed E-state index contributed by atoms with van der Waals surface area (Å²) in [6.45, 7) is 0. The molecule has 1 aromatic carbocycles. The molecule has 2 aromatic rings. The lowest BCUT2D eigenvalue weighted by atomic mass is 10.2. The summed E-state index contributed by atoms with van der Waals surface area (Å²) in [6.07, 6.45) is 3.43. The molecule has 1 heterocycles.